The smallest absolute Gasteiger partial charge is 0.257 e. The van der Waals surface area contributed by atoms with Gasteiger partial charge < -0.3 is 4.74 Å². The molecular formula is C22H22N2O2S. The van der Waals surface area contributed by atoms with E-state index in [0.29, 0.717) is 10.7 Å². The molecule has 1 N–H and O–H groups in total. The van der Waals surface area contributed by atoms with Crippen LogP contribution in [-0.2, 0) is 11.8 Å². The molecule has 0 bridgehead atoms. The Labute approximate surface area is 163 Å². The first-order valence-corrected chi connectivity index (χ1v) is 9.75. The summed E-state index contributed by atoms with van der Waals surface area (Å²) in [6.45, 7) is 6.48. The number of nitrogens with one attached hydrogen (secondary N) is 1. The van der Waals surface area contributed by atoms with Crippen molar-refractivity contribution in [1.29, 1.82) is 0 Å². The molecule has 0 fully saturated rings. The molecule has 0 atom stereocenters. The Morgan fingerprint density at radius 1 is 1.15 bits per heavy atom. The van der Waals surface area contributed by atoms with Crippen LogP contribution < -0.4 is 10.1 Å². The zero-order valence-electron chi connectivity index (χ0n) is 15.9. The standard InChI is InChI=1S/C22H22N2O2S/c1-22(2,3)15-7-5-13(6-8-15)20(25)24-21-23-19-17-10-9-16(26-4)11-14(17)12-18(19)27-21/h5-11H,12H2,1-4H3,(H,23,24,25). The molecule has 0 unspecified atom stereocenters. The van der Waals surface area contributed by atoms with Crippen molar-refractivity contribution in [3.63, 3.8) is 0 Å². The largest absolute Gasteiger partial charge is 0.497 e. The third kappa shape index (κ3) is 3.35. The molecule has 1 aliphatic rings. The lowest BCUT2D eigenvalue weighted by Gasteiger charge is -2.18. The van der Waals surface area contributed by atoms with E-state index in [-0.39, 0.29) is 11.3 Å². The lowest BCUT2D eigenvalue weighted by Crippen LogP contribution is -2.14. The van der Waals surface area contributed by atoms with Gasteiger partial charge in [-0.05, 0) is 46.9 Å². The quantitative estimate of drug-likeness (QED) is 0.528. The molecule has 0 radical (unpaired) electrons. The summed E-state index contributed by atoms with van der Waals surface area (Å²) in [7, 11) is 1.67. The van der Waals surface area contributed by atoms with Crippen molar-refractivity contribution in [2.75, 3.05) is 12.4 Å². The Balaban J connectivity index is 1.52. The summed E-state index contributed by atoms with van der Waals surface area (Å²) in [5, 5.41) is 3.59. The van der Waals surface area contributed by atoms with Gasteiger partial charge in [0.05, 0.1) is 12.8 Å². The van der Waals surface area contributed by atoms with Crippen LogP contribution in [0.1, 0.15) is 47.1 Å². The van der Waals surface area contributed by atoms with E-state index in [9.17, 15) is 4.79 Å². The normalized spacial score (nSPS) is 12.4. The molecule has 0 aliphatic heterocycles. The molecule has 1 amide bonds. The number of carbonyl (C=O) groups is 1. The first-order chi connectivity index (χ1) is 12.8. The average molecular weight is 378 g/mol. The van der Waals surface area contributed by atoms with Gasteiger partial charge in [0.1, 0.15) is 5.75 Å². The number of fused-ring (bicyclic) bond motifs is 3. The number of benzene rings is 2. The molecule has 5 heteroatoms. The van der Waals surface area contributed by atoms with Gasteiger partial charge in [-0.2, -0.15) is 0 Å². The van der Waals surface area contributed by atoms with E-state index in [1.165, 1.54) is 27.3 Å². The van der Waals surface area contributed by atoms with E-state index in [2.05, 4.69) is 37.1 Å². The molecule has 0 saturated heterocycles. The van der Waals surface area contributed by atoms with Crippen molar-refractivity contribution in [3.8, 4) is 17.0 Å². The van der Waals surface area contributed by atoms with Gasteiger partial charge in [-0.15, -0.1) is 11.3 Å². The number of methoxy groups -OCH3 is 1. The SMILES string of the molecule is COc1ccc2c(c1)Cc1sc(NC(=O)c3ccc(C(C)(C)C)cc3)nc1-2. The highest BCUT2D eigenvalue weighted by atomic mass is 32.1. The van der Waals surface area contributed by atoms with Crippen LogP contribution >= 0.6 is 11.3 Å². The molecule has 1 aromatic heterocycles. The van der Waals surface area contributed by atoms with Crippen LogP contribution in [0.5, 0.6) is 5.75 Å². The van der Waals surface area contributed by atoms with E-state index in [1.807, 2.05) is 36.4 Å². The van der Waals surface area contributed by atoms with Crippen LogP contribution in [0.25, 0.3) is 11.3 Å². The van der Waals surface area contributed by atoms with E-state index < -0.39 is 0 Å². The second-order valence-corrected chi connectivity index (χ2v) is 8.86. The zero-order chi connectivity index (χ0) is 19.2. The van der Waals surface area contributed by atoms with E-state index in [4.69, 9.17) is 4.74 Å². The van der Waals surface area contributed by atoms with Gasteiger partial charge in [0.15, 0.2) is 5.13 Å². The summed E-state index contributed by atoms with van der Waals surface area (Å²) >= 11 is 1.54. The minimum absolute atomic E-state index is 0.0706. The summed E-state index contributed by atoms with van der Waals surface area (Å²) in [4.78, 5) is 18.4. The van der Waals surface area contributed by atoms with Crippen LogP contribution in [0, 0.1) is 0 Å². The van der Waals surface area contributed by atoms with E-state index in [1.54, 1.807) is 7.11 Å². The van der Waals surface area contributed by atoms with Gasteiger partial charge in [-0.25, -0.2) is 4.98 Å². The first-order valence-electron chi connectivity index (χ1n) is 8.94. The van der Waals surface area contributed by atoms with Gasteiger partial charge >= 0.3 is 0 Å². The van der Waals surface area contributed by atoms with Crippen molar-refractivity contribution in [2.45, 2.75) is 32.6 Å². The number of nitrogens with zero attached hydrogens (tertiary/aromatic N) is 1. The summed E-state index contributed by atoms with van der Waals surface area (Å²) in [6.07, 6.45) is 0.829. The van der Waals surface area contributed by atoms with Gasteiger partial charge in [0, 0.05) is 22.4 Å². The summed E-state index contributed by atoms with van der Waals surface area (Å²) < 4.78 is 5.30. The fourth-order valence-corrected chi connectivity index (χ4v) is 4.27. The maximum atomic E-state index is 12.6. The maximum absolute atomic E-state index is 12.6. The Morgan fingerprint density at radius 3 is 2.56 bits per heavy atom. The van der Waals surface area contributed by atoms with Gasteiger partial charge in [-0.1, -0.05) is 32.9 Å². The Hall–Kier alpha value is -2.66. The fourth-order valence-electron chi connectivity index (χ4n) is 3.27. The second kappa shape index (κ2) is 6.50. The van der Waals surface area contributed by atoms with Gasteiger partial charge in [0.2, 0.25) is 0 Å². The predicted molar refractivity (Wildman–Crippen MR) is 110 cm³/mol. The molecule has 0 spiro atoms. The number of hydrogen-bond donors (Lipinski definition) is 1. The molecule has 1 aliphatic carbocycles. The van der Waals surface area contributed by atoms with Crippen molar-refractivity contribution in [1.82, 2.24) is 4.98 Å². The molecule has 0 saturated carbocycles. The Bertz CT molecular complexity index is 1010. The summed E-state index contributed by atoms with van der Waals surface area (Å²) in [5.74, 6) is 0.731. The number of carbonyl (C=O) groups excluding carboxylic acids is 1. The monoisotopic (exact) mass is 378 g/mol. The number of amides is 1. The molecule has 1 heterocycles. The molecule has 138 valence electrons. The highest BCUT2D eigenvalue weighted by molar-refractivity contribution is 7.16. The fraction of sp³-hybridized carbons (Fsp3) is 0.273. The maximum Gasteiger partial charge on any atom is 0.257 e. The van der Waals surface area contributed by atoms with Crippen LogP contribution in [0.4, 0.5) is 5.13 Å². The van der Waals surface area contributed by atoms with Crippen molar-refractivity contribution < 1.29 is 9.53 Å². The lowest BCUT2D eigenvalue weighted by atomic mass is 9.87. The van der Waals surface area contributed by atoms with Crippen molar-refractivity contribution in [2.24, 2.45) is 0 Å². The van der Waals surface area contributed by atoms with Crippen molar-refractivity contribution in [3.05, 3.63) is 64.0 Å². The highest BCUT2D eigenvalue weighted by Crippen LogP contribution is 2.42. The van der Waals surface area contributed by atoms with E-state index >= 15 is 0 Å². The van der Waals surface area contributed by atoms with Crippen molar-refractivity contribution >= 4 is 22.4 Å². The second-order valence-electron chi connectivity index (χ2n) is 7.77. The van der Waals surface area contributed by atoms with Crippen LogP contribution in [0.3, 0.4) is 0 Å². The zero-order valence-corrected chi connectivity index (χ0v) is 16.7. The van der Waals surface area contributed by atoms with Crippen LogP contribution in [0.15, 0.2) is 42.5 Å². The number of anilines is 1. The summed E-state index contributed by atoms with van der Waals surface area (Å²) in [5.41, 5.74) is 5.23. The van der Waals surface area contributed by atoms with Crippen LogP contribution in [-0.4, -0.2) is 18.0 Å². The minimum atomic E-state index is -0.127. The average Bonchev–Trinajstić information content (AvgIpc) is 3.17. The number of aromatic nitrogens is 1. The molecule has 3 aromatic rings. The Kier molecular flexibility index (Phi) is 4.27. The number of hydrogen-bond acceptors (Lipinski definition) is 4. The minimum Gasteiger partial charge on any atom is -0.497 e. The third-order valence-corrected chi connectivity index (χ3v) is 5.82. The summed E-state index contributed by atoms with van der Waals surface area (Å²) in [6, 6.07) is 13.8. The number of rotatable bonds is 3. The molecular weight excluding hydrogens is 356 g/mol. The van der Waals surface area contributed by atoms with Gasteiger partial charge in [0.25, 0.3) is 5.91 Å². The van der Waals surface area contributed by atoms with Gasteiger partial charge in [-0.3, -0.25) is 10.1 Å². The number of ether oxygens (including phenoxy) is 1. The molecule has 4 rings (SSSR count). The third-order valence-electron chi connectivity index (χ3n) is 4.85. The molecule has 4 nitrogen and oxygen atoms in total. The predicted octanol–water partition coefficient (Wildman–Crippen LogP) is 5.27. The van der Waals surface area contributed by atoms with Crippen LogP contribution in [0.2, 0.25) is 0 Å². The Morgan fingerprint density at radius 2 is 1.89 bits per heavy atom. The molecule has 2 aromatic carbocycles. The lowest BCUT2D eigenvalue weighted by molar-refractivity contribution is 0.102. The highest BCUT2D eigenvalue weighted by Gasteiger charge is 2.24. The first kappa shape index (κ1) is 17.7. The van der Waals surface area contributed by atoms with E-state index in [0.717, 1.165) is 23.4 Å². The molecule has 27 heavy (non-hydrogen) atoms. The number of thiazole rings is 1. The topological polar surface area (TPSA) is 51.2 Å².